The number of amides is 1. The Morgan fingerprint density at radius 3 is 3.04 bits per heavy atom. The molecule has 9 heteroatoms. The fourth-order valence-corrected chi connectivity index (χ4v) is 3.55. The highest BCUT2D eigenvalue weighted by molar-refractivity contribution is 7.89. The molecule has 1 aliphatic heterocycles. The molecular formula is C14H16N4O4S. The van der Waals surface area contributed by atoms with Crippen molar-refractivity contribution in [3.63, 3.8) is 0 Å². The molecule has 0 aliphatic carbocycles. The number of hydrogen-bond donors (Lipinski definition) is 2. The van der Waals surface area contributed by atoms with E-state index in [2.05, 4.69) is 15.1 Å². The van der Waals surface area contributed by atoms with E-state index < -0.39 is 10.0 Å². The van der Waals surface area contributed by atoms with Crippen LogP contribution in [0.25, 0.3) is 0 Å². The number of ether oxygens (including phenoxy) is 1. The molecule has 2 heterocycles. The van der Waals surface area contributed by atoms with Gasteiger partial charge in [-0.25, -0.2) is 13.1 Å². The molecule has 0 fully saturated rings. The molecule has 0 bridgehead atoms. The Labute approximate surface area is 133 Å². The lowest BCUT2D eigenvalue weighted by atomic mass is 10.2. The predicted molar refractivity (Wildman–Crippen MR) is 82.6 cm³/mol. The molecular weight excluding hydrogens is 320 g/mol. The van der Waals surface area contributed by atoms with E-state index in [4.69, 9.17) is 4.74 Å². The average Bonchev–Trinajstić information content (AvgIpc) is 2.98. The van der Waals surface area contributed by atoms with Gasteiger partial charge in [0.1, 0.15) is 5.75 Å². The van der Waals surface area contributed by atoms with Gasteiger partial charge in [-0.2, -0.15) is 5.10 Å². The number of carbonyl (C=O) groups is 1. The van der Waals surface area contributed by atoms with Gasteiger partial charge in [0.15, 0.2) is 6.61 Å². The van der Waals surface area contributed by atoms with Crippen LogP contribution in [0.3, 0.4) is 0 Å². The largest absolute Gasteiger partial charge is 0.482 e. The average molecular weight is 336 g/mol. The standard InChI is InChI=1S/C14H16N4O4S/c1-10(8-18-6-2-5-15-18)17-23(20,21)11-3-4-13-12(7-11)16-14(19)9-22-13/h2-7,10,17H,8-9H2,1H3,(H,16,19)/t10-/m1/s1. The van der Waals surface area contributed by atoms with E-state index in [0.717, 1.165) is 0 Å². The predicted octanol–water partition coefficient (Wildman–Crippen LogP) is 0.581. The highest BCUT2D eigenvalue weighted by Gasteiger charge is 2.22. The third-order valence-electron chi connectivity index (χ3n) is 3.27. The van der Waals surface area contributed by atoms with Crippen LogP contribution in [0, 0.1) is 0 Å². The maximum Gasteiger partial charge on any atom is 0.262 e. The summed E-state index contributed by atoms with van der Waals surface area (Å²) in [6, 6.07) is 5.78. The number of fused-ring (bicyclic) bond motifs is 1. The molecule has 3 rings (SSSR count). The first-order valence-electron chi connectivity index (χ1n) is 7.00. The number of aromatic nitrogens is 2. The van der Waals surface area contributed by atoms with Crippen LogP contribution in [0.2, 0.25) is 0 Å². The van der Waals surface area contributed by atoms with Gasteiger partial charge in [0.2, 0.25) is 10.0 Å². The quantitative estimate of drug-likeness (QED) is 0.831. The summed E-state index contributed by atoms with van der Waals surface area (Å²) in [4.78, 5) is 11.4. The monoisotopic (exact) mass is 336 g/mol. The van der Waals surface area contributed by atoms with Gasteiger partial charge in [0.25, 0.3) is 5.91 Å². The molecule has 0 saturated carbocycles. The second-order valence-electron chi connectivity index (χ2n) is 5.25. The molecule has 1 aromatic heterocycles. The Morgan fingerprint density at radius 2 is 2.30 bits per heavy atom. The van der Waals surface area contributed by atoms with E-state index in [9.17, 15) is 13.2 Å². The molecule has 0 radical (unpaired) electrons. The summed E-state index contributed by atoms with van der Waals surface area (Å²) in [6.45, 7) is 2.10. The number of benzene rings is 1. The Hall–Kier alpha value is -2.39. The maximum atomic E-state index is 12.4. The Kier molecular flexibility index (Phi) is 4.05. The van der Waals surface area contributed by atoms with Crippen molar-refractivity contribution in [3.05, 3.63) is 36.7 Å². The van der Waals surface area contributed by atoms with Crippen LogP contribution in [-0.2, 0) is 21.4 Å². The molecule has 2 aromatic rings. The molecule has 0 saturated heterocycles. The molecule has 2 N–H and O–H groups in total. The van der Waals surface area contributed by atoms with Crippen LogP contribution in [-0.4, -0.2) is 36.8 Å². The molecule has 0 spiro atoms. The minimum absolute atomic E-state index is 0.0642. The smallest absolute Gasteiger partial charge is 0.262 e. The first-order valence-corrected chi connectivity index (χ1v) is 8.49. The van der Waals surface area contributed by atoms with Gasteiger partial charge in [0.05, 0.1) is 17.1 Å². The zero-order valence-corrected chi connectivity index (χ0v) is 13.2. The number of nitrogens with zero attached hydrogens (tertiary/aromatic N) is 2. The zero-order valence-electron chi connectivity index (χ0n) is 12.4. The minimum atomic E-state index is -3.71. The minimum Gasteiger partial charge on any atom is -0.482 e. The van der Waals surface area contributed by atoms with Crippen LogP contribution in [0.5, 0.6) is 5.75 Å². The maximum absolute atomic E-state index is 12.4. The Bertz CT molecular complexity index is 817. The highest BCUT2D eigenvalue weighted by Crippen LogP contribution is 2.30. The summed E-state index contributed by atoms with van der Waals surface area (Å²) in [5.41, 5.74) is 0.351. The van der Waals surface area contributed by atoms with Crippen molar-refractivity contribution in [3.8, 4) is 5.75 Å². The summed E-state index contributed by atoms with van der Waals surface area (Å²) >= 11 is 0. The fourth-order valence-electron chi connectivity index (χ4n) is 2.29. The number of rotatable bonds is 5. The van der Waals surface area contributed by atoms with Crippen LogP contribution in [0.15, 0.2) is 41.6 Å². The highest BCUT2D eigenvalue weighted by atomic mass is 32.2. The third-order valence-corrected chi connectivity index (χ3v) is 4.86. The molecule has 8 nitrogen and oxygen atoms in total. The van der Waals surface area contributed by atoms with E-state index in [1.165, 1.54) is 18.2 Å². The van der Waals surface area contributed by atoms with Crippen LogP contribution in [0.1, 0.15) is 6.92 Å². The van der Waals surface area contributed by atoms with Crippen molar-refractivity contribution in [1.82, 2.24) is 14.5 Å². The van der Waals surface area contributed by atoms with E-state index in [0.29, 0.717) is 18.0 Å². The molecule has 1 aromatic carbocycles. The first kappa shape index (κ1) is 15.5. The van der Waals surface area contributed by atoms with Crippen LogP contribution in [0.4, 0.5) is 5.69 Å². The number of nitrogens with one attached hydrogen (secondary N) is 2. The van der Waals surface area contributed by atoms with E-state index in [-0.39, 0.29) is 23.5 Å². The Balaban J connectivity index is 1.77. The lowest BCUT2D eigenvalue weighted by Gasteiger charge is -2.19. The molecule has 122 valence electrons. The van der Waals surface area contributed by atoms with Gasteiger partial charge in [-0.1, -0.05) is 0 Å². The number of hydrogen-bond acceptors (Lipinski definition) is 5. The van der Waals surface area contributed by atoms with Crippen molar-refractivity contribution >= 4 is 21.6 Å². The van der Waals surface area contributed by atoms with Crippen molar-refractivity contribution < 1.29 is 17.9 Å². The van der Waals surface area contributed by atoms with E-state index in [1.807, 2.05) is 0 Å². The van der Waals surface area contributed by atoms with Gasteiger partial charge < -0.3 is 10.1 Å². The fraction of sp³-hybridized carbons (Fsp3) is 0.286. The second kappa shape index (κ2) is 6.01. The van der Waals surface area contributed by atoms with Crippen LogP contribution < -0.4 is 14.8 Å². The normalized spacial score (nSPS) is 15.4. The van der Waals surface area contributed by atoms with E-state index >= 15 is 0 Å². The summed E-state index contributed by atoms with van der Waals surface area (Å²) in [5.74, 6) is 0.139. The second-order valence-corrected chi connectivity index (χ2v) is 6.96. The molecule has 23 heavy (non-hydrogen) atoms. The lowest BCUT2D eigenvalue weighted by molar-refractivity contribution is -0.118. The molecule has 1 atom stereocenters. The van der Waals surface area contributed by atoms with Gasteiger partial charge >= 0.3 is 0 Å². The topological polar surface area (TPSA) is 102 Å². The third kappa shape index (κ3) is 3.51. The SMILES string of the molecule is C[C@H](Cn1cccn1)NS(=O)(=O)c1ccc2c(c1)NC(=O)CO2. The molecule has 0 unspecified atom stereocenters. The summed E-state index contributed by atoms with van der Waals surface area (Å²) < 4.78 is 34.3. The molecule has 1 aliphatic rings. The van der Waals surface area contributed by atoms with Crippen molar-refractivity contribution in [2.75, 3.05) is 11.9 Å². The number of anilines is 1. The lowest BCUT2D eigenvalue weighted by Crippen LogP contribution is -2.36. The zero-order chi connectivity index (χ0) is 16.4. The van der Waals surface area contributed by atoms with Crippen molar-refractivity contribution in [1.29, 1.82) is 0 Å². The van der Waals surface area contributed by atoms with Gasteiger partial charge in [-0.15, -0.1) is 0 Å². The first-order chi connectivity index (χ1) is 10.9. The molecule has 1 amide bonds. The van der Waals surface area contributed by atoms with Gasteiger partial charge in [-0.3, -0.25) is 9.48 Å². The van der Waals surface area contributed by atoms with E-state index in [1.54, 1.807) is 30.1 Å². The van der Waals surface area contributed by atoms with Crippen molar-refractivity contribution in [2.24, 2.45) is 0 Å². The number of sulfonamides is 1. The van der Waals surface area contributed by atoms with Gasteiger partial charge in [-0.05, 0) is 31.2 Å². The summed E-state index contributed by atoms with van der Waals surface area (Å²) in [5, 5.41) is 6.63. The van der Waals surface area contributed by atoms with Crippen molar-refractivity contribution in [2.45, 2.75) is 24.4 Å². The van der Waals surface area contributed by atoms with Gasteiger partial charge in [0, 0.05) is 18.4 Å². The Morgan fingerprint density at radius 1 is 1.48 bits per heavy atom. The summed E-state index contributed by atoms with van der Waals surface area (Å²) in [6.07, 6.45) is 3.39. The number of carbonyl (C=O) groups excluding carboxylic acids is 1. The summed E-state index contributed by atoms with van der Waals surface area (Å²) in [7, 11) is -3.71. The van der Waals surface area contributed by atoms with Crippen LogP contribution >= 0.6 is 0 Å².